The van der Waals surface area contributed by atoms with E-state index in [1.807, 2.05) is 0 Å². The van der Waals surface area contributed by atoms with Crippen LogP contribution in [-0.4, -0.2) is 32.1 Å². The normalized spacial score (nSPS) is 30.1. The number of nitrogens with two attached hydrogens (primary N) is 1. The Balaban J connectivity index is 1.30. The summed E-state index contributed by atoms with van der Waals surface area (Å²) in [7, 11) is 1.43. The van der Waals surface area contributed by atoms with Gasteiger partial charge in [0, 0.05) is 12.6 Å². The van der Waals surface area contributed by atoms with Gasteiger partial charge in [0.15, 0.2) is 6.61 Å². The maximum atomic E-state index is 12.3. The third-order valence-electron chi connectivity index (χ3n) is 6.70. The van der Waals surface area contributed by atoms with Crippen LogP contribution in [0.2, 0.25) is 5.02 Å². The average Bonchev–Trinajstić information content (AvgIpc) is 2.65. The number of carbonyl (C=O) groups is 2. The molecule has 4 fully saturated rings. The predicted octanol–water partition coefficient (Wildman–Crippen LogP) is 3.42. The van der Waals surface area contributed by atoms with E-state index in [0.29, 0.717) is 12.2 Å². The summed E-state index contributed by atoms with van der Waals surface area (Å²) < 4.78 is 10.3. The summed E-state index contributed by atoms with van der Waals surface area (Å²) in [5.41, 5.74) is 6.43. The van der Waals surface area contributed by atoms with Crippen molar-refractivity contribution < 1.29 is 19.1 Å². The number of ether oxygens (including phenoxy) is 2. The summed E-state index contributed by atoms with van der Waals surface area (Å²) in [5, 5.41) is 3.24. The Morgan fingerprint density at radius 3 is 2.36 bits per heavy atom. The first-order valence-electron chi connectivity index (χ1n) is 9.94. The van der Waals surface area contributed by atoms with E-state index < -0.39 is 5.97 Å². The molecule has 0 radical (unpaired) electrons. The molecule has 1 amide bonds. The summed E-state index contributed by atoms with van der Waals surface area (Å²) >= 11 is 5.98. The Hall–Kier alpha value is -1.95. The molecule has 1 aromatic rings. The van der Waals surface area contributed by atoms with Crippen LogP contribution in [0.4, 0.5) is 5.69 Å². The quantitative estimate of drug-likeness (QED) is 0.558. The lowest BCUT2D eigenvalue weighted by atomic mass is 9.49. The van der Waals surface area contributed by atoms with Gasteiger partial charge in [-0.3, -0.25) is 4.79 Å². The fourth-order valence-corrected chi connectivity index (χ4v) is 6.11. The van der Waals surface area contributed by atoms with E-state index in [1.54, 1.807) is 0 Å². The molecule has 5 rings (SSSR count). The van der Waals surface area contributed by atoms with Crippen molar-refractivity contribution >= 4 is 29.2 Å². The molecule has 4 aliphatic rings. The van der Waals surface area contributed by atoms with Gasteiger partial charge in [-0.15, -0.1) is 0 Å². The van der Waals surface area contributed by atoms with Gasteiger partial charge in [-0.25, -0.2) is 4.79 Å². The zero-order chi connectivity index (χ0) is 19.9. The second-order valence-corrected chi connectivity index (χ2v) is 9.25. The number of esters is 1. The topological polar surface area (TPSA) is 90.7 Å². The first-order chi connectivity index (χ1) is 13.4. The monoisotopic (exact) mass is 406 g/mol. The van der Waals surface area contributed by atoms with Gasteiger partial charge in [-0.05, 0) is 67.8 Å². The summed E-state index contributed by atoms with van der Waals surface area (Å²) in [4.78, 5) is 24.6. The highest BCUT2D eigenvalue weighted by Crippen LogP contribution is 2.59. The molecule has 4 bridgehead atoms. The minimum Gasteiger partial charge on any atom is -0.496 e. The molecule has 0 saturated heterocycles. The van der Waals surface area contributed by atoms with Gasteiger partial charge < -0.3 is 20.5 Å². The van der Waals surface area contributed by atoms with Gasteiger partial charge in [-0.2, -0.15) is 0 Å². The first-order valence-corrected chi connectivity index (χ1v) is 10.3. The molecule has 3 N–H and O–H groups in total. The summed E-state index contributed by atoms with van der Waals surface area (Å²) in [6.45, 7) is 0.361. The second kappa shape index (κ2) is 7.47. The predicted molar refractivity (Wildman–Crippen MR) is 106 cm³/mol. The third kappa shape index (κ3) is 3.79. The molecule has 28 heavy (non-hydrogen) atoms. The van der Waals surface area contributed by atoms with Crippen molar-refractivity contribution in [1.82, 2.24) is 5.32 Å². The number of carbonyl (C=O) groups excluding carboxylic acids is 2. The van der Waals surface area contributed by atoms with Crippen molar-refractivity contribution in [1.29, 1.82) is 0 Å². The lowest BCUT2D eigenvalue weighted by Crippen LogP contribution is -2.51. The molecular weight excluding hydrogens is 380 g/mol. The van der Waals surface area contributed by atoms with Gasteiger partial charge in [0.05, 0.1) is 17.8 Å². The largest absolute Gasteiger partial charge is 0.496 e. The summed E-state index contributed by atoms with van der Waals surface area (Å²) in [6.07, 6.45) is 7.78. The van der Waals surface area contributed by atoms with Crippen molar-refractivity contribution in [2.75, 3.05) is 26.0 Å². The van der Waals surface area contributed by atoms with Gasteiger partial charge in [0.1, 0.15) is 11.3 Å². The molecule has 4 saturated carbocycles. The lowest BCUT2D eigenvalue weighted by Gasteiger charge is -2.56. The Bertz CT molecular complexity index is 760. The molecule has 4 aliphatic carbocycles. The molecule has 0 unspecified atom stereocenters. The van der Waals surface area contributed by atoms with Crippen LogP contribution >= 0.6 is 11.6 Å². The highest BCUT2D eigenvalue weighted by atomic mass is 35.5. The zero-order valence-corrected chi connectivity index (χ0v) is 16.9. The van der Waals surface area contributed by atoms with Crippen LogP contribution in [0.5, 0.6) is 5.75 Å². The molecule has 0 atom stereocenters. The molecular formula is C21H27ClN2O4. The number of nitrogen functional groups attached to an aromatic ring is 1. The number of anilines is 1. The highest BCUT2D eigenvalue weighted by Gasteiger charge is 2.50. The molecule has 6 nitrogen and oxygen atoms in total. The minimum absolute atomic E-state index is 0.149. The van der Waals surface area contributed by atoms with Crippen LogP contribution in [0.1, 0.15) is 48.9 Å². The SMILES string of the molecule is COc1cc(N)c(Cl)cc1C(=O)OCC(=O)NCC12CC3CC(CC(C3)C1)C2. The number of hydrogen-bond acceptors (Lipinski definition) is 5. The number of hydrogen-bond donors (Lipinski definition) is 2. The summed E-state index contributed by atoms with van der Waals surface area (Å²) in [6, 6.07) is 2.86. The lowest BCUT2D eigenvalue weighted by molar-refractivity contribution is -0.126. The van der Waals surface area contributed by atoms with E-state index in [9.17, 15) is 9.59 Å². The van der Waals surface area contributed by atoms with Crippen LogP contribution in [0, 0.1) is 23.2 Å². The van der Waals surface area contributed by atoms with Crippen LogP contribution < -0.4 is 15.8 Å². The van der Waals surface area contributed by atoms with Gasteiger partial charge in [0.25, 0.3) is 5.91 Å². The van der Waals surface area contributed by atoms with Crippen LogP contribution in [-0.2, 0) is 9.53 Å². The van der Waals surface area contributed by atoms with Crippen LogP contribution in [0.25, 0.3) is 0 Å². The number of halogens is 1. The standard InChI is InChI=1S/C21H27ClN2O4/c1-27-18-6-17(23)16(22)5-15(18)20(26)28-10-19(25)24-11-21-7-12-2-13(8-21)4-14(3-12)9-21/h5-6,12-14H,2-4,7-11,23H2,1H3,(H,24,25). The highest BCUT2D eigenvalue weighted by molar-refractivity contribution is 6.33. The van der Waals surface area contributed by atoms with Crippen molar-refractivity contribution in [3.63, 3.8) is 0 Å². The second-order valence-electron chi connectivity index (χ2n) is 8.84. The Labute approximate surface area is 170 Å². The zero-order valence-electron chi connectivity index (χ0n) is 16.1. The number of nitrogens with one attached hydrogen (secondary N) is 1. The molecule has 1 aromatic carbocycles. The Kier molecular flexibility index (Phi) is 5.17. The maximum absolute atomic E-state index is 12.3. The molecule has 0 heterocycles. The van der Waals surface area contributed by atoms with E-state index >= 15 is 0 Å². The first kappa shape index (κ1) is 19.4. The fourth-order valence-electron chi connectivity index (χ4n) is 5.95. The molecule has 0 aliphatic heterocycles. The number of methoxy groups -OCH3 is 1. The molecule has 7 heteroatoms. The van der Waals surface area contributed by atoms with Gasteiger partial charge >= 0.3 is 5.97 Å². The van der Waals surface area contributed by atoms with Crippen molar-refractivity contribution in [2.45, 2.75) is 38.5 Å². The van der Waals surface area contributed by atoms with E-state index in [4.69, 9.17) is 26.8 Å². The maximum Gasteiger partial charge on any atom is 0.342 e. The van der Waals surface area contributed by atoms with E-state index in [1.165, 1.54) is 57.8 Å². The van der Waals surface area contributed by atoms with Gasteiger partial charge in [-0.1, -0.05) is 11.6 Å². The Morgan fingerprint density at radius 2 is 1.79 bits per heavy atom. The van der Waals surface area contributed by atoms with Crippen LogP contribution in [0.15, 0.2) is 12.1 Å². The van der Waals surface area contributed by atoms with E-state index in [2.05, 4.69) is 5.32 Å². The van der Waals surface area contributed by atoms with Gasteiger partial charge in [0.2, 0.25) is 0 Å². The smallest absolute Gasteiger partial charge is 0.342 e. The minimum atomic E-state index is -0.663. The fraction of sp³-hybridized carbons (Fsp3) is 0.619. The third-order valence-corrected chi connectivity index (χ3v) is 7.03. The number of benzene rings is 1. The number of rotatable bonds is 6. The Morgan fingerprint density at radius 1 is 1.18 bits per heavy atom. The van der Waals surface area contributed by atoms with Crippen molar-refractivity contribution in [3.05, 3.63) is 22.7 Å². The average molecular weight is 407 g/mol. The molecule has 0 spiro atoms. The molecule has 0 aromatic heterocycles. The van der Waals surface area contributed by atoms with Crippen molar-refractivity contribution in [2.24, 2.45) is 23.2 Å². The summed E-state index contributed by atoms with van der Waals surface area (Å²) in [5.74, 6) is 1.84. The van der Waals surface area contributed by atoms with Crippen LogP contribution in [0.3, 0.4) is 0 Å². The molecule has 152 valence electrons. The van der Waals surface area contributed by atoms with Crippen molar-refractivity contribution in [3.8, 4) is 5.75 Å². The van der Waals surface area contributed by atoms with E-state index in [0.717, 1.165) is 17.8 Å². The number of amides is 1. The van der Waals surface area contributed by atoms with E-state index in [-0.39, 0.29) is 34.3 Å².